The lowest BCUT2D eigenvalue weighted by Crippen LogP contribution is -2.28. The van der Waals surface area contributed by atoms with Crippen LogP contribution in [0.3, 0.4) is 0 Å². The summed E-state index contributed by atoms with van der Waals surface area (Å²) in [5.74, 6) is 1.30. The average molecular weight is 260 g/mol. The number of carbonyl (C=O) groups excluding carboxylic acids is 1. The number of hydrogen-bond acceptors (Lipinski definition) is 3. The van der Waals surface area contributed by atoms with Crippen LogP contribution in [0.5, 0.6) is 5.75 Å². The van der Waals surface area contributed by atoms with E-state index in [2.05, 4.69) is 6.07 Å². The summed E-state index contributed by atoms with van der Waals surface area (Å²) >= 11 is 0. The SMILES string of the molecule is CCOC(C(=O)c1cccc2c1OCCC2)C1CC1. The first-order chi connectivity index (χ1) is 9.31. The van der Waals surface area contributed by atoms with E-state index >= 15 is 0 Å². The van der Waals surface area contributed by atoms with Crippen molar-refractivity contribution in [3.05, 3.63) is 29.3 Å². The number of Topliss-reactive ketones (excluding diaryl/α,β-unsaturated/α-hetero) is 1. The third-order valence-corrected chi connectivity index (χ3v) is 3.85. The Hall–Kier alpha value is -1.35. The fraction of sp³-hybridized carbons (Fsp3) is 0.562. The highest BCUT2D eigenvalue weighted by Crippen LogP contribution is 2.38. The Kier molecular flexibility index (Phi) is 3.56. The molecule has 1 saturated carbocycles. The van der Waals surface area contributed by atoms with Crippen molar-refractivity contribution < 1.29 is 14.3 Å². The smallest absolute Gasteiger partial charge is 0.195 e. The van der Waals surface area contributed by atoms with E-state index in [9.17, 15) is 4.79 Å². The number of carbonyl (C=O) groups is 1. The monoisotopic (exact) mass is 260 g/mol. The summed E-state index contributed by atoms with van der Waals surface area (Å²) in [7, 11) is 0. The normalized spacial score (nSPS) is 19.4. The number of aryl methyl sites for hydroxylation is 1. The molecule has 1 aromatic rings. The first kappa shape index (κ1) is 12.7. The Bertz CT molecular complexity index is 477. The summed E-state index contributed by atoms with van der Waals surface area (Å²) in [4.78, 5) is 12.7. The van der Waals surface area contributed by atoms with Gasteiger partial charge in [0.05, 0.1) is 12.2 Å². The number of rotatable bonds is 5. The predicted molar refractivity (Wildman–Crippen MR) is 72.7 cm³/mol. The quantitative estimate of drug-likeness (QED) is 0.763. The second kappa shape index (κ2) is 5.33. The Labute approximate surface area is 113 Å². The first-order valence-corrected chi connectivity index (χ1v) is 7.21. The molecule has 1 aliphatic heterocycles. The summed E-state index contributed by atoms with van der Waals surface area (Å²) < 4.78 is 11.4. The van der Waals surface area contributed by atoms with Crippen LogP contribution in [0, 0.1) is 5.92 Å². The minimum Gasteiger partial charge on any atom is -0.493 e. The molecule has 3 nitrogen and oxygen atoms in total. The summed E-state index contributed by atoms with van der Waals surface area (Å²) in [6, 6.07) is 5.88. The van der Waals surface area contributed by atoms with Gasteiger partial charge in [-0.3, -0.25) is 4.79 Å². The zero-order chi connectivity index (χ0) is 13.2. The van der Waals surface area contributed by atoms with Crippen molar-refractivity contribution in [2.45, 2.75) is 38.7 Å². The van der Waals surface area contributed by atoms with E-state index in [0.29, 0.717) is 24.7 Å². The molecule has 1 heterocycles. The lowest BCUT2D eigenvalue weighted by molar-refractivity contribution is 0.0371. The fourth-order valence-electron chi connectivity index (χ4n) is 2.74. The predicted octanol–water partition coefficient (Wildman–Crippen LogP) is 3.01. The second-order valence-corrected chi connectivity index (χ2v) is 5.32. The summed E-state index contributed by atoms with van der Waals surface area (Å²) in [5.41, 5.74) is 1.87. The Morgan fingerprint density at radius 3 is 3.05 bits per heavy atom. The molecule has 102 valence electrons. The van der Waals surface area contributed by atoms with Crippen LogP contribution in [-0.4, -0.2) is 25.1 Å². The largest absolute Gasteiger partial charge is 0.493 e. The maximum absolute atomic E-state index is 12.7. The minimum atomic E-state index is -0.276. The summed E-state index contributed by atoms with van der Waals surface area (Å²) in [5, 5.41) is 0. The lowest BCUT2D eigenvalue weighted by Gasteiger charge is -2.22. The molecule has 0 bridgehead atoms. The Balaban J connectivity index is 1.90. The van der Waals surface area contributed by atoms with E-state index in [1.807, 2.05) is 19.1 Å². The molecular weight excluding hydrogens is 240 g/mol. The molecular formula is C16H20O3. The van der Waals surface area contributed by atoms with Crippen LogP contribution in [0.1, 0.15) is 42.1 Å². The van der Waals surface area contributed by atoms with Crippen LogP contribution in [0.25, 0.3) is 0 Å². The number of para-hydroxylation sites is 1. The molecule has 1 unspecified atom stereocenters. The molecule has 1 fully saturated rings. The van der Waals surface area contributed by atoms with Gasteiger partial charge >= 0.3 is 0 Å². The molecule has 1 aliphatic carbocycles. The van der Waals surface area contributed by atoms with Crippen molar-refractivity contribution in [1.82, 2.24) is 0 Å². The number of fused-ring (bicyclic) bond motifs is 1. The molecule has 0 amide bonds. The van der Waals surface area contributed by atoms with Crippen molar-refractivity contribution in [3.63, 3.8) is 0 Å². The number of benzene rings is 1. The van der Waals surface area contributed by atoms with E-state index in [-0.39, 0.29) is 11.9 Å². The van der Waals surface area contributed by atoms with Crippen molar-refractivity contribution in [1.29, 1.82) is 0 Å². The minimum absolute atomic E-state index is 0.100. The van der Waals surface area contributed by atoms with Crippen LogP contribution in [0.4, 0.5) is 0 Å². The topological polar surface area (TPSA) is 35.5 Å². The lowest BCUT2D eigenvalue weighted by atomic mass is 9.96. The van der Waals surface area contributed by atoms with Gasteiger partial charge in [-0.15, -0.1) is 0 Å². The number of ether oxygens (including phenoxy) is 2. The van der Waals surface area contributed by atoms with Gasteiger partial charge in [-0.05, 0) is 50.2 Å². The molecule has 0 N–H and O–H groups in total. The van der Waals surface area contributed by atoms with Gasteiger partial charge in [0.25, 0.3) is 0 Å². The zero-order valence-electron chi connectivity index (χ0n) is 11.4. The molecule has 0 spiro atoms. The van der Waals surface area contributed by atoms with Gasteiger partial charge in [-0.2, -0.15) is 0 Å². The van der Waals surface area contributed by atoms with Gasteiger partial charge < -0.3 is 9.47 Å². The van der Waals surface area contributed by atoms with Crippen molar-refractivity contribution in [3.8, 4) is 5.75 Å². The third-order valence-electron chi connectivity index (χ3n) is 3.85. The maximum atomic E-state index is 12.7. The maximum Gasteiger partial charge on any atom is 0.195 e. The van der Waals surface area contributed by atoms with E-state index in [1.54, 1.807) is 0 Å². The van der Waals surface area contributed by atoms with Gasteiger partial charge in [0.2, 0.25) is 0 Å². The van der Waals surface area contributed by atoms with E-state index in [1.165, 1.54) is 0 Å². The standard InChI is InChI=1S/C16H20O3/c1-2-18-16(12-8-9-12)14(17)13-7-3-5-11-6-4-10-19-15(11)13/h3,5,7,12,16H,2,4,6,8-10H2,1H3. The van der Waals surface area contributed by atoms with Crippen molar-refractivity contribution in [2.24, 2.45) is 5.92 Å². The molecule has 1 atom stereocenters. The van der Waals surface area contributed by atoms with Gasteiger partial charge in [-0.25, -0.2) is 0 Å². The molecule has 3 rings (SSSR count). The van der Waals surface area contributed by atoms with Crippen molar-refractivity contribution >= 4 is 5.78 Å². The highest BCUT2D eigenvalue weighted by molar-refractivity contribution is 6.02. The van der Waals surface area contributed by atoms with E-state index in [4.69, 9.17) is 9.47 Å². The number of ketones is 1. The highest BCUT2D eigenvalue weighted by atomic mass is 16.5. The Morgan fingerprint density at radius 1 is 1.47 bits per heavy atom. The van der Waals surface area contributed by atoms with Gasteiger partial charge in [0.15, 0.2) is 5.78 Å². The fourth-order valence-corrected chi connectivity index (χ4v) is 2.74. The van der Waals surface area contributed by atoms with Crippen LogP contribution in [-0.2, 0) is 11.2 Å². The van der Waals surface area contributed by atoms with Crippen LogP contribution in [0.15, 0.2) is 18.2 Å². The molecule has 19 heavy (non-hydrogen) atoms. The molecule has 2 aliphatic rings. The summed E-state index contributed by atoms with van der Waals surface area (Å²) in [6.07, 6.45) is 3.96. The first-order valence-electron chi connectivity index (χ1n) is 7.21. The van der Waals surface area contributed by atoms with E-state index in [0.717, 1.165) is 37.0 Å². The highest BCUT2D eigenvalue weighted by Gasteiger charge is 2.38. The Morgan fingerprint density at radius 2 is 2.32 bits per heavy atom. The van der Waals surface area contributed by atoms with Crippen molar-refractivity contribution in [2.75, 3.05) is 13.2 Å². The van der Waals surface area contributed by atoms with Crippen LogP contribution in [0.2, 0.25) is 0 Å². The molecule has 0 aromatic heterocycles. The van der Waals surface area contributed by atoms with Gasteiger partial charge in [-0.1, -0.05) is 12.1 Å². The summed E-state index contributed by atoms with van der Waals surface area (Å²) in [6.45, 7) is 3.24. The molecule has 0 saturated heterocycles. The third kappa shape index (κ3) is 2.52. The van der Waals surface area contributed by atoms with E-state index < -0.39 is 0 Å². The van der Waals surface area contributed by atoms with Gasteiger partial charge in [0, 0.05) is 6.61 Å². The average Bonchev–Trinajstić information content (AvgIpc) is 3.28. The molecule has 1 aromatic carbocycles. The van der Waals surface area contributed by atoms with Crippen LogP contribution >= 0.6 is 0 Å². The second-order valence-electron chi connectivity index (χ2n) is 5.32. The van der Waals surface area contributed by atoms with Crippen LogP contribution < -0.4 is 4.74 Å². The molecule has 3 heteroatoms. The number of hydrogen-bond donors (Lipinski definition) is 0. The zero-order valence-corrected chi connectivity index (χ0v) is 11.4. The molecule has 0 radical (unpaired) electrons. The van der Waals surface area contributed by atoms with Gasteiger partial charge in [0.1, 0.15) is 11.9 Å².